The molecule has 1 saturated carbocycles. The second kappa shape index (κ2) is 5.83. The first-order valence-corrected chi connectivity index (χ1v) is 8.95. The van der Waals surface area contributed by atoms with Crippen LogP contribution >= 0.6 is 11.3 Å². The maximum absolute atomic E-state index is 12.4. The monoisotopic (exact) mass is 317 g/mol. The van der Waals surface area contributed by atoms with Gasteiger partial charge in [0.15, 0.2) is 0 Å². The number of carboxylic acid groups (broad SMARTS) is 1. The van der Waals surface area contributed by atoms with Crippen molar-refractivity contribution < 1.29 is 18.3 Å². The lowest BCUT2D eigenvalue weighted by Gasteiger charge is -2.36. The van der Waals surface area contributed by atoms with E-state index in [0.29, 0.717) is 12.8 Å². The van der Waals surface area contributed by atoms with Gasteiger partial charge in [0.1, 0.15) is 4.21 Å². The first-order valence-electron chi connectivity index (χ1n) is 6.65. The van der Waals surface area contributed by atoms with Gasteiger partial charge in [-0.2, -0.15) is 0 Å². The standard InChI is InChI=1S/C13H19NO4S2/c1-10-5-6-12(19-10)20(17,18)14-13(9-11(15)16)7-3-2-4-8-13/h5-6,14H,2-4,7-9H2,1H3,(H,15,16). The van der Waals surface area contributed by atoms with Crippen molar-refractivity contribution in [1.82, 2.24) is 4.72 Å². The minimum atomic E-state index is -3.64. The van der Waals surface area contributed by atoms with Gasteiger partial charge in [-0.25, -0.2) is 13.1 Å². The smallest absolute Gasteiger partial charge is 0.305 e. The van der Waals surface area contributed by atoms with Crippen LogP contribution in [0, 0.1) is 6.92 Å². The van der Waals surface area contributed by atoms with Gasteiger partial charge in [-0.1, -0.05) is 19.3 Å². The van der Waals surface area contributed by atoms with Crippen molar-refractivity contribution in [1.29, 1.82) is 0 Å². The number of rotatable bonds is 5. The second-order valence-electron chi connectivity index (χ2n) is 5.38. The van der Waals surface area contributed by atoms with E-state index in [1.165, 1.54) is 11.3 Å². The van der Waals surface area contributed by atoms with Crippen LogP contribution in [-0.4, -0.2) is 25.0 Å². The Morgan fingerprint density at radius 1 is 1.35 bits per heavy atom. The van der Waals surface area contributed by atoms with E-state index in [2.05, 4.69) is 4.72 Å². The molecular weight excluding hydrogens is 298 g/mol. The van der Waals surface area contributed by atoms with Crippen molar-refractivity contribution in [2.24, 2.45) is 0 Å². The van der Waals surface area contributed by atoms with Crippen LogP contribution in [0.25, 0.3) is 0 Å². The summed E-state index contributed by atoms with van der Waals surface area (Å²) in [4.78, 5) is 12.0. The zero-order chi connectivity index (χ0) is 14.8. The summed E-state index contributed by atoms with van der Waals surface area (Å²) in [5.74, 6) is -0.961. The lowest BCUT2D eigenvalue weighted by molar-refractivity contribution is -0.138. The normalized spacial score (nSPS) is 18.9. The van der Waals surface area contributed by atoms with Crippen LogP contribution in [0.1, 0.15) is 43.4 Å². The summed E-state index contributed by atoms with van der Waals surface area (Å²) in [5.41, 5.74) is -0.833. The number of thiophene rings is 1. The zero-order valence-electron chi connectivity index (χ0n) is 11.4. The minimum Gasteiger partial charge on any atom is -0.481 e. The fourth-order valence-corrected chi connectivity index (χ4v) is 5.47. The van der Waals surface area contributed by atoms with Crippen LogP contribution in [0.2, 0.25) is 0 Å². The Kier molecular flexibility index (Phi) is 4.51. The Morgan fingerprint density at radius 2 is 2.00 bits per heavy atom. The molecule has 7 heteroatoms. The molecule has 0 aliphatic heterocycles. The van der Waals surface area contributed by atoms with Crippen LogP contribution < -0.4 is 4.72 Å². The molecule has 2 rings (SSSR count). The largest absolute Gasteiger partial charge is 0.481 e. The molecular formula is C13H19NO4S2. The topological polar surface area (TPSA) is 83.5 Å². The molecule has 1 fully saturated rings. The van der Waals surface area contributed by atoms with Crippen LogP contribution in [0.4, 0.5) is 0 Å². The Balaban J connectivity index is 2.25. The quantitative estimate of drug-likeness (QED) is 0.874. The molecule has 0 saturated heterocycles. The van der Waals surface area contributed by atoms with E-state index in [9.17, 15) is 13.2 Å². The molecule has 1 aromatic heterocycles. The van der Waals surface area contributed by atoms with Gasteiger partial charge in [0.2, 0.25) is 0 Å². The lowest BCUT2D eigenvalue weighted by atomic mass is 9.80. The number of hydrogen-bond acceptors (Lipinski definition) is 4. The summed E-state index contributed by atoms with van der Waals surface area (Å²) in [6.45, 7) is 1.84. The molecule has 1 aliphatic carbocycles. The van der Waals surface area contributed by atoms with E-state index in [1.54, 1.807) is 12.1 Å². The van der Waals surface area contributed by atoms with Crippen LogP contribution in [0.3, 0.4) is 0 Å². The van der Waals surface area contributed by atoms with Gasteiger partial charge in [-0.05, 0) is 31.9 Å². The second-order valence-corrected chi connectivity index (χ2v) is 8.58. The maximum atomic E-state index is 12.4. The Bertz CT molecular complexity index is 585. The first-order chi connectivity index (χ1) is 9.33. The summed E-state index contributed by atoms with van der Waals surface area (Å²) < 4.78 is 27.7. The molecule has 20 heavy (non-hydrogen) atoms. The Hall–Kier alpha value is -0.920. The fraction of sp³-hybridized carbons (Fsp3) is 0.615. The van der Waals surface area contributed by atoms with E-state index >= 15 is 0 Å². The minimum absolute atomic E-state index is 0.156. The van der Waals surface area contributed by atoms with E-state index in [1.807, 2.05) is 6.92 Å². The van der Waals surface area contributed by atoms with E-state index in [0.717, 1.165) is 24.1 Å². The van der Waals surface area contributed by atoms with E-state index < -0.39 is 21.5 Å². The SMILES string of the molecule is Cc1ccc(S(=O)(=O)NC2(CC(=O)O)CCCCC2)s1. The average molecular weight is 317 g/mol. The third-order valence-corrected chi connectivity index (χ3v) is 6.70. The Labute approximate surface area is 123 Å². The van der Waals surface area contributed by atoms with Crippen molar-refractivity contribution in [3.8, 4) is 0 Å². The summed E-state index contributed by atoms with van der Waals surface area (Å²) in [6, 6.07) is 3.32. The van der Waals surface area contributed by atoms with Crippen LogP contribution in [0.5, 0.6) is 0 Å². The first kappa shape index (κ1) is 15.5. The maximum Gasteiger partial charge on any atom is 0.305 e. The molecule has 2 N–H and O–H groups in total. The lowest BCUT2D eigenvalue weighted by Crippen LogP contribution is -2.50. The van der Waals surface area contributed by atoms with E-state index in [-0.39, 0.29) is 10.6 Å². The van der Waals surface area contributed by atoms with Gasteiger partial charge in [-0.15, -0.1) is 11.3 Å². The predicted molar refractivity (Wildman–Crippen MR) is 77.4 cm³/mol. The highest BCUT2D eigenvalue weighted by atomic mass is 32.2. The molecule has 1 heterocycles. The molecule has 112 valence electrons. The Morgan fingerprint density at radius 3 is 2.50 bits per heavy atom. The number of sulfonamides is 1. The number of hydrogen-bond donors (Lipinski definition) is 2. The van der Waals surface area contributed by atoms with Crippen LogP contribution in [0.15, 0.2) is 16.3 Å². The molecule has 5 nitrogen and oxygen atoms in total. The average Bonchev–Trinajstić information content (AvgIpc) is 2.76. The zero-order valence-corrected chi connectivity index (χ0v) is 13.0. The molecule has 0 radical (unpaired) electrons. The molecule has 0 bridgehead atoms. The number of aryl methyl sites for hydroxylation is 1. The van der Waals surface area contributed by atoms with Crippen LogP contribution in [-0.2, 0) is 14.8 Å². The van der Waals surface area contributed by atoms with Gasteiger partial charge < -0.3 is 5.11 Å². The summed E-state index contributed by atoms with van der Waals surface area (Å²) in [6.07, 6.45) is 3.77. The molecule has 0 atom stereocenters. The summed E-state index contributed by atoms with van der Waals surface area (Å²) in [5, 5.41) is 9.07. The molecule has 1 aromatic rings. The third kappa shape index (κ3) is 3.59. The number of aliphatic carboxylic acids is 1. The van der Waals surface area contributed by atoms with Gasteiger partial charge >= 0.3 is 5.97 Å². The number of nitrogens with one attached hydrogen (secondary N) is 1. The number of carboxylic acids is 1. The number of carbonyl (C=O) groups is 1. The van der Waals surface area contributed by atoms with Crippen molar-refractivity contribution in [2.75, 3.05) is 0 Å². The molecule has 0 spiro atoms. The van der Waals surface area contributed by atoms with Crippen molar-refractivity contribution in [3.63, 3.8) is 0 Å². The highest BCUT2D eigenvalue weighted by Gasteiger charge is 2.38. The van der Waals surface area contributed by atoms with Gasteiger partial charge in [0, 0.05) is 10.4 Å². The van der Waals surface area contributed by atoms with E-state index in [4.69, 9.17) is 5.11 Å². The van der Waals surface area contributed by atoms with Crippen molar-refractivity contribution in [2.45, 2.75) is 55.2 Å². The summed E-state index contributed by atoms with van der Waals surface area (Å²) >= 11 is 1.20. The fourth-order valence-electron chi connectivity index (χ4n) is 2.72. The van der Waals surface area contributed by atoms with Gasteiger partial charge in [-0.3, -0.25) is 4.79 Å². The molecule has 0 unspecified atom stereocenters. The van der Waals surface area contributed by atoms with Crippen molar-refractivity contribution in [3.05, 3.63) is 17.0 Å². The highest BCUT2D eigenvalue weighted by molar-refractivity contribution is 7.91. The van der Waals surface area contributed by atoms with Crippen molar-refractivity contribution >= 4 is 27.3 Å². The third-order valence-electron chi connectivity index (χ3n) is 3.63. The predicted octanol–water partition coefficient (Wildman–Crippen LogP) is 2.51. The summed E-state index contributed by atoms with van der Waals surface area (Å²) in [7, 11) is -3.64. The highest BCUT2D eigenvalue weighted by Crippen LogP contribution is 2.33. The molecule has 0 amide bonds. The van der Waals surface area contributed by atoms with Gasteiger partial charge in [0.05, 0.1) is 6.42 Å². The molecule has 1 aliphatic rings. The molecule has 0 aromatic carbocycles. The van der Waals surface area contributed by atoms with Gasteiger partial charge in [0.25, 0.3) is 10.0 Å².